The van der Waals surface area contributed by atoms with Crippen LogP contribution in [0, 0.1) is 16.7 Å². The normalized spacial score (nSPS) is 41.5. The van der Waals surface area contributed by atoms with E-state index in [0.29, 0.717) is 6.54 Å². The molecule has 3 heteroatoms. The Morgan fingerprint density at radius 2 is 1.81 bits per heavy atom. The van der Waals surface area contributed by atoms with E-state index in [1.165, 1.54) is 4.90 Å². The van der Waals surface area contributed by atoms with Gasteiger partial charge in [-0.1, -0.05) is 27.7 Å². The van der Waals surface area contributed by atoms with Gasteiger partial charge in [-0.25, -0.2) is 0 Å². The van der Waals surface area contributed by atoms with Gasteiger partial charge >= 0.3 is 0 Å². The number of fused-ring (bicyclic) bond motifs is 1. The van der Waals surface area contributed by atoms with Crippen LogP contribution in [0.15, 0.2) is 0 Å². The minimum atomic E-state index is -0.353. The van der Waals surface area contributed by atoms with Crippen molar-refractivity contribution in [3.8, 4) is 0 Å². The fourth-order valence-electron chi connectivity index (χ4n) is 3.82. The Morgan fingerprint density at radius 1 is 1.19 bits per heavy atom. The van der Waals surface area contributed by atoms with Gasteiger partial charge in [0, 0.05) is 6.54 Å². The van der Waals surface area contributed by atoms with Crippen molar-refractivity contribution in [1.29, 1.82) is 0 Å². The Bertz CT molecular complexity index is 352. The lowest BCUT2D eigenvalue weighted by atomic mass is 9.88. The summed E-state index contributed by atoms with van der Waals surface area (Å²) in [6.07, 6.45) is 2.57. The van der Waals surface area contributed by atoms with Crippen LogP contribution < -0.4 is 0 Å². The maximum absolute atomic E-state index is 12.4. The molecule has 0 radical (unpaired) electrons. The van der Waals surface area contributed by atoms with Gasteiger partial charge < -0.3 is 0 Å². The van der Waals surface area contributed by atoms with E-state index < -0.39 is 0 Å². The molecule has 0 spiro atoms. The van der Waals surface area contributed by atoms with Crippen molar-refractivity contribution in [3.63, 3.8) is 0 Å². The molecule has 0 aromatic carbocycles. The molecular formula is C13H21NO2. The molecule has 0 aromatic rings. The highest BCUT2D eigenvalue weighted by molar-refractivity contribution is 6.13. The second-order valence-corrected chi connectivity index (χ2v) is 5.32. The van der Waals surface area contributed by atoms with Gasteiger partial charge in [-0.05, 0) is 24.7 Å². The zero-order valence-corrected chi connectivity index (χ0v) is 10.7. The highest BCUT2D eigenvalue weighted by atomic mass is 16.2. The van der Waals surface area contributed by atoms with Crippen LogP contribution >= 0.6 is 0 Å². The van der Waals surface area contributed by atoms with Crippen LogP contribution in [0.4, 0.5) is 0 Å². The number of imide groups is 1. The zero-order valence-electron chi connectivity index (χ0n) is 10.7. The number of carbonyl (C=O) groups excluding carboxylic acids is 2. The van der Waals surface area contributed by atoms with Crippen LogP contribution in [0.2, 0.25) is 0 Å². The molecule has 3 atom stereocenters. The van der Waals surface area contributed by atoms with Crippen LogP contribution in [0.5, 0.6) is 0 Å². The summed E-state index contributed by atoms with van der Waals surface area (Å²) in [6, 6.07) is 0. The van der Waals surface area contributed by atoms with Crippen molar-refractivity contribution in [1.82, 2.24) is 4.90 Å². The molecule has 1 aliphatic carbocycles. The standard InChI is InChI=1S/C13H21NO2/c1-5-8-14-10(15)9-12(4,6-2)13(9,7-3)11(14)16/h9H,5-8H2,1-4H3. The molecule has 2 aliphatic rings. The van der Waals surface area contributed by atoms with E-state index in [1.54, 1.807) is 0 Å². The Labute approximate surface area is 97.2 Å². The average Bonchev–Trinajstić information content (AvgIpc) is 2.77. The smallest absolute Gasteiger partial charge is 0.236 e. The number of piperidine rings is 1. The molecule has 1 heterocycles. The first-order valence-electron chi connectivity index (χ1n) is 6.37. The summed E-state index contributed by atoms with van der Waals surface area (Å²) in [5.74, 6) is 0.142. The third-order valence-electron chi connectivity index (χ3n) is 4.94. The van der Waals surface area contributed by atoms with Gasteiger partial charge in [0.2, 0.25) is 11.8 Å². The zero-order chi connectivity index (χ0) is 12.1. The largest absolute Gasteiger partial charge is 0.282 e. The van der Waals surface area contributed by atoms with Crippen molar-refractivity contribution in [3.05, 3.63) is 0 Å². The second-order valence-electron chi connectivity index (χ2n) is 5.32. The lowest BCUT2D eigenvalue weighted by Gasteiger charge is -2.25. The summed E-state index contributed by atoms with van der Waals surface area (Å²) < 4.78 is 0. The lowest BCUT2D eigenvalue weighted by Crippen LogP contribution is -2.40. The summed E-state index contributed by atoms with van der Waals surface area (Å²) in [5.41, 5.74) is -0.422. The van der Waals surface area contributed by atoms with Crippen LogP contribution in [0.1, 0.15) is 47.0 Å². The maximum Gasteiger partial charge on any atom is 0.236 e. The Kier molecular flexibility index (Phi) is 2.41. The predicted octanol–water partition coefficient (Wildman–Crippen LogP) is 2.21. The van der Waals surface area contributed by atoms with Gasteiger partial charge in [-0.3, -0.25) is 14.5 Å². The molecule has 3 unspecified atom stereocenters. The van der Waals surface area contributed by atoms with Crippen LogP contribution in [0.3, 0.4) is 0 Å². The minimum Gasteiger partial charge on any atom is -0.282 e. The first-order valence-corrected chi connectivity index (χ1v) is 6.37. The predicted molar refractivity (Wildman–Crippen MR) is 61.6 cm³/mol. The highest BCUT2D eigenvalue weighted by Crippen LogP contribution is 2.76. The van der Waals surface area contributed by atoms with Crippen molar-refractivity contribution in [2.24, 2.45) is 16.7 Å². The molecular weight excluding hydrogens is 202 g/mol. The van der Waals surface area contributed by atoms with Crippen molar-refractivity contribution >= 4 is 11.8 Å². The van der Waals surface area contributed by atoms with Gasteiger partial charge in [-0.2, -0.15) is 0 Å². The van der Waals surface area contributed by atoms with Crippen molar-refractivity contribution < 1.29 is 9.59 Å². The van der Waals surface area contributed by atoms with Crippen LogP contribution in [0.25, 0.3) is 0 Å². The molecule has 0 N–H and O–H groups in total. The van der Waals surface area contributed by atoms with E-state index in [2.05, 4.69) is 13.8 Å². The first-order chi connectivity index (χ1) is 7.51. The highest BCUT2D eigenvalue weighted by Gasteiger charge is 2.83. The van der Waals surface area contributed by atoms with Crippen molar-refractivity contribution in [2.75, 3.05) is 6.54 Å². The molecule has 0 bridgehead atoms. The Balaban J connectivity index is 2.34. The molecule has 90 valence electrons. The monoisotopic (exact) mass is 223 g/mol. The quantitative estimate of drug-likeness (QED) is 0.685. The number of carbonyl (C=O) groups is 2. The molecule has 16 heavy (non-hydrogen) atoms. The van der Waals surface area contributed by atoms with E-state index in [9.17, 15) is 9.59 Å². The SMILES string of the molecule is CCCN1C(=O)C2C(C)(CC)C2(CC)C1=O. The summed E-state index contributed by atoms with van der Waals surface area (Å²) in [7, 11) is 0. The second kappa shape index (κ2) is 3.31. The number of rotatable bonds is 4. The third-order valence-corrected chi connectivity index (χ3v) is 4.94. The van der Waals surface area contributed by atoms with E-state index >= 15 is 0 Å². The first kappa shape index (κ1) is 11.6. The maximum atomic E-state index is 12.4. The van der Waals surface area contributed by atoms with Gasteiger partial charge in [0.05, 0.1) is 11.3 Å². The fraction of sp³-hybridized carbons (Fsp3) is 0.846. The van der Waals surface area contributed by atoms with Crippen LogP contribution in [-0.4, -0.2) is 23.3 Å². The van der Waals surface area contributed by atoms with Crippen molar-refractivity contribution in [2.45, 2.75) is 47.0 Å². The molecule has 2 fully saturated rings. The van der Waals surface area contributed by atoms with E-state index in [4.69, 9.17) is 0 Å². The summed E-state index contributed by atoms with van der Waals surface area (Å²) in [6.45, 7) is 8.81. The minimum absolute atomic E-state index is 0.0333. The Morgan fingerprint density at radius 3 is 2.19 bits per heavy atom. The summed E-state index contributed by atoms with van der Waals surface area (Å²) in [5, 5.41) is 0. The summed E-state index contributed by atoms with van der Waals surface area (Å²) >= 11 is 0. The topological polar surface area (TPSA) is 37.4 Å². The summed E-state index contributed by atoms with van der Waals surface area (Å²) in [4.78, 5) is 26.1. The van der Waals surface area contributed by atoms with Gasteiger partial charge in [0.25, 0.3) is 0 Å². The number of likely N-dealkylation sites (tertiary alicyclic amines) is 1. The molecule has 2 rings (SSSR count). The number of nitrogens with zero attached hydrogens (tertiary/aromatic N) is 1. The van der Waals surface area contributed by atoms with E-state index in [0.717, 1.165) is 19.3 Å². The Hall–Kier alpha value is -0.860. The molecule has 3 nitrogen and oxygen atoms in total. The fourth-order valence-corrected chi connectivity index (χ4v) is 3.82. The molecule has 2 amide bonds. The third kappa shape index (κ3) is 0.950. The van der Waals surface area contributed by atoms with E-state index in [1.807, 2.05) is 13.8 Å². The lowest BCUT2D eigenvalue weighted by molar-refractivity contribution is -0.145. The van der Waals surface area contributed by atoms with Gasteiger partial charge in [-0.15, -0.1) is 0 Å². The number of amides is 2. The molecule has 0 aromatic heterocycles. The molecule has 1 saturated heterocycles. The number of hydrogen-bond donors (Lipinski definition) is 0. The average molecular weight is 223 g/mol. The van der Waals surface area contributed by atoms with Gasteiger partial charge in [0.1, 0.15) is 0 Å². The number of hydrogen-bond acceptors (Lipinski definition) is 2. The molecule has 1 saturated carbocycles. The van der Waals surface area contributed by atoms with E-state index in [-0.39, 0.29) is 28.6 Å². The molecule has 1 aliphatic heterocycles. The van der Waals surface area contributed by atoms with Gasteiger partial charge in [0.15, 0.2) is 0 Å². The van der Waals surface area contributed by atoms with Crippen LogP contribution in [-0.2, 0) is 9.59 Å².